The molecule has 7 heteroatoms. The first-order valence-corrected chi connectivity index (χ1v) is 7.54. The van der Waals surface area contributed by atoms with Crippen LogP contribution in [0, 0.1) is 6.92 Å². The molecule has 0 radical (unpaired) electrons. The van der Waals surface area contributed by atoms with Gasteiger partial charge >= 0.3 is 0 Å². The van der Waals surface area contributed by atoms with Crippen LogP contribution in [0.4, 0.5) is 11.4 Å². The molecule has 0 bridgehead atoms. The topological polar surface area (TPSA) is 86.1 Å². The summed E-state index contributed by atoms with van der Waals surface area (Å²) >= 11 is 5.81. The highest BCUT2D eigenvalue weighted by atomic mass is 35.5. The average molecular weight is 345 g/mol. The minimum atomic E-state index is -0.550. The second-order valence-corrected chi connectivity index (χ2v) is 5.47. The number of oxime groups is 1. The minimum Gasteiger partial charge on any atom is -0.410 e. The summed E-state index contributed by atoms with van der Waals surface area (Å²) in [5, 5.41) is 19.6. The Hall–Kier alpha value is -2.86. The number of aryl methyl sites for hydroxylation is 1. The van der Waals surface area contributed by atoms with Gasteiger partial charge in [0, 0.05) is 10.7 Å². The zero-order valence-electron chi connectivity index (χ0n) is 13.2. The van der Waals surface area contributed by atoms with Gasteiger partial charge in [-0.05, 0) is 49.7 Å². The molecule has 0 heterocycles. The average Bonchev–Trinajstić information content (AvgIpc) is 2.57. The van der Waals surface area contributed by atoms with Crippen molar-refractivity contribution in [2.75, 3.05) is 10.7 Å². The molecule has 3 N–H and O–H groups in total. The lowest BCUT2D eigenvalue weighted by atomic mass is 10.2. The molecule has 0 unspecified atom stereocenters. The standard InChI is InChI=1S/C17H17ClN4O2/c1-11-5-3-4-6-15(11)19-17(23)16(22-24)12(2)20-21-14-9-7-13(18)8-10-14/h3-10,21,24H,1-2H3,(H,19,23)/b20-12+,22-16+. The van der Waals surface area contributed by atoms with Gasteiger partial charge in [-0.2, -0.15) is 5.10 Å². The van der Waals surface area contributed by atoms with E-state index in [4.69, 9.17) is 16.8 Å². The third-order valence-corrected chi connectivity index (χ3v) is 3.50. The number of halogens is 1. The summed E-state index contributed by atoms with van der Waals surface area (Å²) in [5.41, 5.74) is 5.06. The van der Waals surface area contributed by atoms with Crippen LogP contribution in [0.5, 0.6) is 0 Å². The third-order valence-electron chi connectivity index (χ3n) is 3.25. The molecule has 2 rings (SSSR count). The van der Waals surface area contributed by atoms with E-state index in [0.29, 0.717) is 16.4 Å². The summed E-state index contributed by atoms with van der Waals surface area (Å²) in [6.07, 6.45) is 0. The van der Waals surface area contributed by atoms with Crippen LogP contribution in [-0.2, 0) is 4.79 Å². The van der Waals surface area contributed by atoms with E-state index < -0.39 is 5.91 Å². The van der Waals surface area contributed by atoms with Crippen molar-refractivity contribution in [3.05, 3.63) is 59.1 Å². The minimum absolute atomic E-state index is 0.181. The van der Waals surface area contributed by atoms with Gasteiger partial charge in [-0.1, -0.05) is 35.0 Å². The normalized spacial score (nSPS) is 12.0. The van der Waals surface area contributed by atoms with Gasteiger partial charge in [-0.15, -0.1) is 0 Å². The van der Waals surface area contributed by atoms with Crippen molar-refractivity contribution in [1.29, 1.82) is 0 Å². The molecule has 0 saturated heterocycles. The van der Waals surface area contributed by atoms with Gasteiger partial charge in [0.25, 0.3) is 5.91 Å². The number of para-hydroxylation sites is 1. The first kappa shape index (κ1) is 17.5. The van der Waals surface area contributed by atoms with Crippen LogP contribution in [0.1, 0.15) is 12.5 Å². The van der Waals surface area contributed by atoms with Crippen LogP contribution in [0.3, 0.4) is 0 Å². The van der Waals surface area contributed by atoms with Gasteiger partial charge in [-0.3, -0.25) is 10.2 Å². The molecule has 124 valence electrons. The highest BCUT2D eigenvalue weighted by Gasteiger charge is 2.17. The SMILES string of the molecule is CC(=N\Nc1ccc(Cl)cc1)/C(=N\O)C(=O)Nc1ccccc1C. The highest BCUT2D eigenvalue weighted by molar-refractivity contribution is 6.68. The maximum atomic E-state index is 12.3. The number of hydrogen-bond acceptors (Lipinski definition) is 5. The van der Waals surface area contributed by atoms with Gasteiger partial charge in [0.15, 0.2) is 5.71 Å². The summed E-state index contributed by atoms with van der Waals surface area (Å²) in [5.74, 6) is -0.550. The number of anilines is 2. The number of carbonyl (C=O) groups excluding carboxylic acids is 1. The Labute approximate surface area is 144 Å². The Bertz CT molecular complexity index is 785. The fourth-order valence-electron chi connectivity index (χ4n) is 1.90. The van der Waals surface area contributed by atoms with Gasteiger partial charge in [-0.25, -0.2) is 0 Å². The molecule has 0 atom stereocenters. The lowest BCUT2D eigenvalue weighted by Crippen LogP contribution is -2.29. The third kappa shape index (κ3) is 4.57. The molecular formula is C17H17ClN4O2. The molecule has 24 heavy (non-hydrogen) atoms. The molecular weight excluding hydrogens is 328 g/mol. The smallest absolute Gasteiger partial charge is 0.279 e. The number of nitrogens with zero attached hydrogens (tertiary/aromatic N) is 2. The van der Waals surface area contributed by atoms with Crippen molar-refractivity contribution in [3.8, 4) is 0 Å². The van der Waals surface area contributed by atoms with Crippen molar-refractivity contribution in [1.82, 2.24) is 0 Å². The number of nitrogens with one attached hydrogen (secondary N) is 2. The quantitative estimate of drug-likeness (QED) is 0.436. The van der Waals surface area contributed by atoms with Crippen molar-refractivity contribution in [2.24, 2.45) is 10.3 Å². The van der Waals surface area contributed by atoms with E-state index in [9.17, 15) is 4.79 Å². The van der Waals surface area contributed by atoms with Crippen molar-refractivity contribution < 1.29 is 10.0 Å². The van der Waals surface area contributed by atoms with Crippen molar-refractivity contribution >= 4 is 40.3 Å². The summed E-state index contributed by atoms with van der Waals surface area (Å²) < 4.78 is 0. The monoisotopic (exact) mass is 344 g/mol. The fourth-order valence-corrected chi connectivity index (χ4v) is 2.03. The second-order valence-electron chi connectivity index (χ2n) is 5.03. The summed E-state index contributed by atoms with van der Waals surface area (Å²) in [6.45, 7) is 3.43. The van der Waals surface area contributed by atoms with Crippen LogP contribution in [-0.4, -0.2) is 22.5 Å². The van der Waals surface area contributed by atoms with Crippen LogP contribution >= 0.6 is 11.6 Å². The fraction of sp³-hybridized carbons (Fsp3) is 0.118. The lowest BCUT2D eigenvalue weighted by molar-refractivity contribution is -0.110. The lowest BCUT2D eigenvalue weighted by Gasteiger charge is -2.09. The first-order valence-electron chi connectivity index (χ1n) is 7.16. The molecule has 6 nitrogen and oxygen atoms in total. The first-order chi connectivity index (χ1) is 11.5. The molecule has 0 aromatic heterocycles. The van der Waals surface area contributed by atoms with Crippen LogP contribution in [0.15, 0.2) is 58.8 Å². The Morgan fingerprint density at radius 2 is 1.79 bits per heavy atom. The Kier molecular flexibility index (Phi) is 5.92. The van der Waals surface area contributed by atoms with E-state index in [0.717, 1.165) is 5.56 Å². The van der Waals surface area contributed by atoms with Gasteiger partial charge in [0.05, 0.1) is 11.4 Å². The molecule has 2 aromatic rings. The Morgan fingerprint density at radius 3 is 2.42 bits per heavy atom. The van der Waals surface area contributed by atoms with E-state index >= 15 is 0 Å². The highest BCUT2D eigenvalue weighted by Crippen LogP contribution is 2.14. The van der Waals surface area contributed by atoms with Crippen molar-refractivity contribution in [2.45, 2.75) is 13.8 Å². The molecule has 0 fully saturated rings. The molecule has 0 aliphatic rings. The van der Waals surface area contributed by atoms with Crippen LogP contribution in [0.2, 0.25) is 5.02 Å². The Morgan fingerprint density at radius 1 is 1.12 bits per heavy atom. The second kappa shape index (κ2) is 8.12. The van der Waals surface area contributed by atoms with Crippen LogP contribution in [0.25, 0.3) is 0 Å². The predicted molar refractivity (Wildman–Crippen MR) is 97.2 cm³/mol. The number of benzene rings is 2. The molecule has 0 spiro atoms. The maximum absolute atomic E-state index is 12.3. The number of hydrogen-bond donors (Lipinski definition) is 3. The number of hydrazone groups is 1. The summed E-state index contributed by atoms with van der Waals surface area (Å²) in [4.78, 5) is 12.3. The predicted octanol–water partition coefficient (Wildman–Crippen LogP) is 3.91. The molecule has 0 aliphatic heterocycles. The maximum Gasteiger partial charge on any atom is 0.279 e. The number of carbonyl (C=O) groups is 1. The molecule has 1 amide bonds. The number of amides is 1. The van der Waals surface area contributed by atoms with E-state index in [2.05, 4.69) is 21.0 Å². The van der Waals surface area contributed by atoms with E-state index in [1.807, 2.05) is 19.1 Å². The zero-order valence-corrected chi connectivity index (χ0v) is 14.0. The molecule has 0 saturated carbocycles. The van der Waals surface area contributed by atoms with E-state index in [1.165, 1.54) is 0 Å². The Balaban J connectivity index is 2.09. The largest absolute Gasteiger partial charge is 0.410 e. The summed E-state index contributed by atoms with van der Waals surface area (Å²) in [6, 6.07) is 14.2. The van der Waals surface area contributed by atoms with E-state index in [-0.39, 0.29) is 11.4 Å². The number of rotatable bonds is 5. The summed E-state index contributed by atoms with van der Waals surface area (Å²) in [7, 11) is 0. The van der Waals surface area contributed by atoms with Crippen LogP contribution < -0.4 is 10.7 Å². The van der Waals surface area contributed by atoms with Gasteiger partial charge < -0.3 is 10.5 Å². The van der Waals surface area contributed by atoms with E-state index in [1.54, 1.807) is 43.3 Å². The molecule has 0 aliphatic carbocycles. The van der Waals surface area contributed by atoms with Gasteiger partial charge in [0.2, 0.25) is 0 Å². The van der Waals surface area contributed by atoms with Gasteiger partial charge in [0.1, 0.15) is 0 Å². The van der Waals surface area contributed by atoms with Crippen molar-refractivity contribution in [3.63, 3.8) is 0 Å². The zero-order chi connectivity index (χ0) is 17.5. The molecule has 2 aromatic carbocycles.